The Bertz CT molecular complexity index is 328. The van der Waals surface area contributed by atoms with Gasteiger partial charge in [0.2, 0.25) is 0 Å². The predicted molar refractivity (Wildman–Crippen MR) is 64.6 cm³/mol. The highest BCUT2D eigenvalue weighted by Gasteiger charge is 2.58. The first-order chi connectivity index (χ1) is 7.10. The average molecular weight is 203 g/mol. The highest BCUT2D eigenvalue weighted by Crippen LogP contribution is 2.65. The van der Waals surface area contributed by atoms with E-state index in [0.29, 0.717) is 10.8 Å². The van der Waals surface area contributed by atoms with Crippen LogP contribution in [0.1, 0.15) is 32.3 Å². The first-order valence-corrected chi connectivity index (χ1v) is 5.84. The minimum absolute atomic E-state index is 0.419. The molecule has 0 spiro atoms. The zero-order valence-electron chi connectivity index (χ0n) is 9.79. The molecule has 82 valence electrons. The Morgan fingerprint density at radius 3 is 2.27 bits per heavy atom. The third-order valence-corrected chi connectivity index (χ3v) is 4.22. The van der Waals surface area contributed by atoms with Crippen molar-refractivity contribution in [1.29, 1.82) is 0 Å². The van der Waals surface area contributed by atoms with Gasteiger partial charge in [0.15, 0.2) is 0 Å². The van der Waals surface area contributed by atoms with Gasteiger partial charge in [-0.2, -0.15) is 0 Å². The predicted octanol–water partition coefficient (Wildman–Crippen LogP) is 2.99. The summed E-state index contributed by atoms with van der Waals surface area (Å²) in [4.78, 5) is 0. The molecule has 1 aromatic carbocycles. The Kier molecular flexibility index (Phi) is 2.59. The zero-order chi connectivity index (χ0) is 10.9. The van der Waals surface area contributed by atoms with Crippen LogP contribution >= 0.6 is 0 Å². The summed E-state index contributed by atoms with van der Waals surface area (Å²) in [7, 11) is 0. The Balaban J connectivity index is 1.94. The molecule has 0 aromatic heterocycles. The molecule has 0 radical (unpaired) electrons. The van der Waals surface area contributed by atoms with Crippen LogP contribution in [0.3, 0.4) is 0 Å². The summed E-state index contributed by atoms with van der Waals surface area (Å²) < 4.78 is 0. The van der Waals surface area contributed by atoms with Crippen LogP contribution in [0.4, 0.5) is 0 Å². The number of hydrogen-bond donors (Lipinski definition) is 1. The van der Waals surface area contributed by atoms with Gasteiger partial charge in [-0.3, -0.25) is 0 Å². The van der Waals surface area contributed by atoms with Gasteiger partial charge in [0.25, 0.3) is 0 Å². The zero-order valence-corrected chi connectivity index (χ0v) is 9.79. The highest BCUT2D eigenvalue weighted by molar-refractivity contribution is 5.17. The molecule has 1 atom stereocenters. The SMILES string of the molecule is CC1(C)CC1(CN)CCc1ccccc1. The minimum Gasteiger partial charge on any atom is -0.330 e. The van der Waals surface area contributed by atoms with Crippen molar-refractivity contribution >= 4 is 0 Å². The molecular weight excluding hydrogens is 182 g/mol. The van der Waals surface area contributed by atoms with Crippen molar-refractivity contribution in [2.75, 3.05) is 6.54 Å². The van der Waals surface area contributed by atoms with Gasteiger partial charge in [-0.25, -0.2) is 0 Å². The fraction of sp³-hybridized carbons (Fsp3) is 0.571. The van der Waals surface area contributed by atoms with Crippen LogP contribution in [0.2, 0.25) is 0 Å². The second-order valence-corrected chi connectivity index (χ2v) is 5.53. The topological polar surface area (TPSA) is 26.0 Å². The van der Waals surface area contributed by atoms with Crippen molar-refractivity contribution in [3.63, 3.8) is 0 Å². The molecule has 0 amide bonds. The maximum atomic E-state index is 5.91. The second kappa shape index (κ2) is 3.64. The van der Waals surface area contributed by atoms with E-state index < -0.39 is 0 Å². The van der Waals surface area contributed by atoms with E-state index >= 15 is 0 Å². The number of hydrogen-bond acceptors (Lipinski definition) is 1. The van der Waals surface area contributed by atoms with Gasteiger partial charge in [-0.05, 0) is 42.2 Å². The van der Waals surface area contributed by atoms with E-state index in [0.717, 1.165) is 6.54 Å². The molecule has 1 aromatic rings. The summed E-state index contributed by atoms with van der Waals surface area (Å²) in [5, 5.41) is 0. The van der Waals surface area contributed by atoms with Gasteiger partial charge in [-0.15, -0.1) is 0 Å². The molecule has 1 nitrogen and oxygen atoms in total. The molecule has 1 heteroatoms. The van der Waals surface area contributed by atoms with Gasteiger partial charge in [-0.1, -0.05) is 44.2 Å². The van der Waals surface area contributed by atoms with Crippen molar-refractivity contribution in [2.45, 2.75) is 33.1 Å². The summed E-state index contributed by atoms with van der Waals surface area (Å²) in [5.74, 6) is 0. The van der Waals surface area contributed by atoms with Gasteiger partial charge in [0, 0.05) is 0 Å². The lowest BCUT2D eigenvalue weighted by Gasteiger charge is -2.18. The molecular formula is C14H21N. The van der Waals surface area contributed by atoms with Crippen LogP contribution in [0.5, 0.6) is 0 Å². The lowest BCUT2D eigenvalue weighted by atomic mass is 9.89. The quantitative estimate of drug-likeness (QED) is 0.800. The fourth-order valence-electron chi connectivity index (χ4n) is 2.71. The Hall–Kier alpha value is -0.820. The molecule has 1 aliphatic carbocycles. The molecule has 0 aliphatic heterocycles. The van der Waals surface area contributed by atoms with Crippen LogP contribution in [0.25, 0.3) is 0 Å². The third kappa shape index (κ3) is 1.93. The monoisotopic (exact) mass is 203 g/mol. The Morgan fingerprint density at radius 2 is 1.80 bits per heavy atom. The van der Waals surface area contributed by atoms with E-state index in [4.69, 9.17) is 5.73 Å². The fourth-order valence-corrected chi connectivity index (χ4v) is 2.71. The second-order valence-electron chi connectivity index (χ2n) is 5.53. The van der Waals surface area contributed by atoms with Crippen molar-refractivity contribution in [2.24, 2.45) is 16.6 Å². The average Bonchev–Trinajstić information content (AvgIpc) is 2.80. The minimum atomic E-state index is 0.419. The van der Waals surface area contributed by atoms with Gasteiger partial charge < -0.3 is 5.73 Å². The first kappa shape index (κ1) is 10.7. The summed E-state index contributed by atoms with van der Waals surface area (Å²) in [6, 6.07) is 10.7. The summed E-state index contributed by atoms with van der Waals surface area (Å²) in [5.41, 5.74) is 8.23. The highest BCUT2D eigenvalue weighted by atomic mass is 14.7. The molecule has 1 aliphatic rings. The van der Waals surface area contributed by atoms with Crippen molar-refractivity contribution in [3.8, 4) is 0 Å². The van der Waals surface area contributed by atoms with E-state index in [1.165, 1.54) is 24.8 Å². The molecule has 15 heavy (non-hydrogen) atoms. The van der Waals surface area contributed by atoms with E-state index in [2.05, 4.69) is 44.2 Å². The van der Waals surface area contributed by atoms with Crippen molar-refractivity contribution in [1.82, 2.24) is 0 Å². The molecule has 1 fully saturated rings. The number of aryl methyl sites for hydroxylation is 1. The Morgan fingerprint density at radius 1 is 1.20 bits per heavy atom. The molecule has 0 saturated heterocycles. The number of benzene rings is 1. The summed E-state index contributed by atoms with van der Waals surface area (Å²) in [6.45, 7) is 5.52. The lowest BCUT2D eigenvalue weighted by molar-refractivity contribution is 0.365. The van der Waals surface area contributed by atoms with E-state index in [1.807, 2.05) is 0 Å². The van der Waals surface area contributed by atoms with Crippen LogP contribution in [-0.4, -0.2) is 6.54 Å². The largest absolute Gasteiger partial charge is 0.330 e. The molecule has 2 rings (SSSR count). The maximum absolute atomic E-state index is 5.91. The molecule has 0 heterocycles. The van der Waals surface area contributed by atoms with Crippen LogP contribution in [0, 0.1) is 10.8 Å². The van der Waals surface area contributed by atoms with Gasteiger partial charge in [0.1, 0.15) is 0 Å². The lowest BCUT2D eigenvalue weighted by Crippen LogP contribution is -2.21. The molecule has 0 bridgehead atoms. The van der Waals surface area contributed by atoms with Crippen LogP contribution < -0.4 is 5.73 Å². The van der Waals surface area contributed by atoms with Gasteiger partial charge >= 0.3 is 0 Å². The van der Waals surface area contributed by atoms with Crippen molar-refractivity contribution in [3.05, 3.63) is 35.9 Å². The molecule has 1 unspecified atom stereocenters. The maximum Gasteiger partial charge on any atom is -0.00151 e. The first-order valence-electron chi connectivity index (χ1n) is 5.84. The van der Waals surface area contributed by atoms with Crippen molar-refractivity contribution < 1.29 is 0 Å². The molecule has 1 saturated carbocycles. The number of nitrogens with two attached hydrogens (primary N) is 1. The van der Waals surface area contributed by atoms with E-state index in [9.17, 15) is 0 Å². The summed E-state index contributed by atoms with van der Waals surface area (Å²) in [6.07, 6.45) is 3.70. The van der Waals surface area contributed by atoms with Crippen LogP contribution in [0.15, 0.2) is 30.3 Å². The van der Waals surface area contributed by atoms with Gasteiger partial charge in [0.05, 0.1) is 0 Å². The number of rotatable bonds is 4. The standard InChI is InChI=1S/C14H21N/c1-13(2)10-14(13,11-15)9-8-12-6-4-3-5-7-12/h3-7H,8-11,15H2,1-2H3. The molecule has 2 N–H and O–H groups in total. The van der Waals surface area contributed by atoms with E-state index in [1.54, 1.807) is 0 Å². The van der Waals surface area contributed by atoms with Crippen LogP contribution in [-0.2, 0) is 6.42 Å². The smallest absolute Gasteiger partial charge is 0.00151 e. The summed E-state index contributed by atoms with van der Waals surface area (Å²) >= 11 is 0. The normalized spacial score (nSPS) is 27.7. The Labute approximate surface area is 92.7 Å². The van der Waals surface area contributed by atoms with E-state index in [-0.39, 0.29) is 0 Å². The third-order valence-electron chi connectivity index (χ3n) is 4.22.